The van der Waals surface area contributed by atoms with Crippen LogP contribution in [0.3, 0.4) is 0 Å². The Labute approximate surface area is 101 Å². The Hall–Kier alpha value is -0.120. The molecule has 3 nitrogen and oxygen atoms in total. The monoisotopic (exact) mass is 228 g/mol. The summed E-state index contributed by atoms with van der Waals surface area (Å²) < 4.78 is 5.39. The van der Waals surface area contributed by atoms with Crippen molar-refractivity contribution in [1.29, 1.82) is 0 Å². The van der Waals surface area contributed by atoms with Crippen LogP contribution in [0.4, 0.5) is 0 Å². The first-order chi connectivity index (χ1) is 7.74. The summed E-state index contributed by atoms with van der Waals surface area (Å²) in [6.07, 6.45) is 2.44. The van der Waals surface area contributed by atoms with Gasteiger partial charge in [-0.1, -0.05) is 13.8 Å². The van der Waals surface area contributed by atoms with E-state index in [4.69, 9.17) is 4.74 Å². The van der Waals surface area contributed by atoms with Gasteiger partial charge in [-0.3, -0.25) is 0 Å². The van der Waals surface area contributed by atoms with E-state index < -0.39 is 0 Å². The van der Waals surface area contributed by atoms with Crippen molar-refractivity contribution in [2.75, 3.05) is 39.4 Å². The lowest BCUT2D eigenvalue weighted by Crippen LogP contribution is -2.41. The minimum atomic E-state index is 0.662. The average molecular weight is 228 g/mol. The van der Waals surface area contributed by atoms with Crippen molar-refractivity contribution in [1.82, 2.24) is 10.2 Å². The van der Waals surface area contributed by atoms with Crippen molar-refractivity contribution in [3.05, 3.63) is 0 Å². The van der Waals surface area contributed by atoms with Gasteiger partial charge in [-0.2, -0.15) is 0 Å². The van der Waals surface area contributed by atoms with Gasteiger partial charge in [0.1, 0.15) is 0 Å². The van der Waals surface area contributed by atoms with Crippen molar-refractivity contribution >= 4 is 0 Å². The third kappa shape index (κ3) is 5.28. The number of hydrogen-bond acceptors (Lipinski definition) is 3. The van der Waals surface area contributed by atoms with E-state index in [-0.39, 0.29) is 0 Å². The summed E-state index contributed by atoms with van der Waals surface area (Å²) in [5.41, 5.74) is 0. The number of nitrogens with zero attached hydrogens (tertiary/aromatic N) is 1. The van der Waals surface area contributed by atoms with Gasteiger partial charge in [0.25, 0.3) is 0 Å². The molecule has 1 atom stereocenters. The highest BCUT2D eigenvalue weighted by atomic mass is 16.5. The second-order valence-corrected chi connectivity index (χ2v) is 5.01. The van der Waals surface area contributed by atoms with Crippen LogP contribution in [0.1, 0.15) is 33.6 Å². The number of hydrogen-bond donors (Lipinski definition) is 1. The fourth-order valence-corrected chi connectivity index (χ4v) is 2.21. The summed E-state index contributed by atoms with van der Waals surface area (Å²) in [7, 11) is 0. The molecule has 1 unspecified atom stereocenters. The van der Waals surface area contributed by atoms with Crippen LogP contribution in [0.15, 0.2) is 0 Å². The zero-order valence-electron chi connectivity index (χ0n) is 11.2. The third-order valence-electron chi connectivity index (χ3n) is 3.28. The molecular weight excluding hydrogens is 200 g/mol. The molecule has 1 aliphatic heterocycles. The highest BCUT2D eigenvalue weighted by Crippen LogP contribution is 2.08. The second-order valence-electron chi connectivity index (χ2n) is 5.01. The maximum Gasteiger partial charge on any atom is 0.0478 e. The van der Waals surface area contributed by atoms with Gasteiger partial charge in [-0.15, -0.1) is 0 Å². The lowest BCUT2D eigenvalue weighted by Gasteiger charge is -2.26. The Morgan fingerprint density at radius 3 is 2.94 bits per heavy atom. The standard InChI is InChI=1S/C13H28N2O/c1-4-16-10-6-9-15-8-5-7-14-13(11-15)12(2)3/h12-14H,4-11H2,1-3H3. The van der Waals surface area contributed by atoms with Crippen molar-refractivity contribution in [2.45, 2.75) is 39.7 Å². The molecule has 1 aliphatic rings. The molecule has 0 saturated carbocycles. The molecule has 0 radical (unpaired) electrons. The molecule has 0 amide bonds. The Bertz CT molecular complexity index is 173. The van der Waals surface area contributed by atoms with Crippen LogP contribution < -0.4 is 5.32 Å². The SMILES string of the molecule is CCOCCCN1CCCNC(C(C)C)C1. The molecule has 0 aromatic carbocycles. The number of rotatable bonds is 6. The smallest absolute Gasteiger partial charge is 0.0478 e. The lowest BCUT2D eigenvalue weighted by atomic mass is 10.0. The molecule has 3 heteroatoms. The fraction of sp³-hybridized carbons (Fsp3) is 1.00. The molecule has 0 aliphatic carbocycles. The van der Waals surface area contributed by atoms with Crippen molar-refractivity contribution in [3.8, 4) is 0 Å². The molecule has 1 rings (SSSR count). The zero-order valence-corrected chi connectivity index (χ0v) is 11.2. The maximum absolute atomic E-state index is 5.39. The van der Waals surface area contributed by atoms with E-state index in [1.165, 1.54) is 39.0 Å². The van der Waals surface area contributed by atoms with Crippen LogP contribution in [-0.2, 0) is 4.74 Å². The van der Waals surface area contributed by atoms with Gasteiger partial charge in [0.2, 0.25) is 0 Å². The maximum atomic E-state index is 5.39. The molecule has 1 heterocycles. The number of ether oxygens (including phenoxy) is 1. The highest BCUT2D eigenvalue weighted by Gasteiger charge is 2.19. The summed E-state index contributed by atoms with van der Waals surface area (Å²) in [4.78, 5) is 2.59. The van der Waals surface area contributed by atoms with Gasteiger partial charge in [-0.05, 0) is 38.8 Å². The fourth-order valence-electron chi connectivity index (χ4n) is 2.21. The molecule has 1 saturated heterocycles. The molecule has 16 heavy (non-hydrogen) atoms. The predicted octanol–water partition coefficient (Wildman–Crippen LogP) is 1.73. The van der Waals surface area contributed by atoms with Crippen molar-refractivity contribution < 1.29 is 4.74 Å². The third-order valence-corrected chi connectivity index (χ3v) is 3.28. The first-order valence-corrected chi connectivity index (χ1v) is 6.77. The van der Waals surface area contributed by atoms with Crippen molar-refractivity contribution in [2.24, 2.45) is 5.92 Å². The van der Waals surface area contributed by atoms with Gasteiger partial charge in [0, 0.05) is 32.3 Å². The predicted molar refractivity (Wildman–Crippen MR) is 68.8 cm³/mol. The molecular formula is C13H28N2O. The summed E-state index contributed by atoms with van der Waals surface area (Å²) >= 11 is 0. The van der Waals surface area contributed by atoms with E-state index >= 15 is 0 Å². The lowest BCUT2D eigenvalue weighted by molar-refractivity contribution is 0.130. The van der Waals surface area contributed by atoms with E-state index in [1.807, 2.05) is 0 Å². The van der Waals surface area contributed by atoms with Crippen LogP contribution >= 0.6 is 0 Å². The van der Waals surface area contributed by atoms with Gasteiger partial charge in [0.05, 0.1) is 0 Å². The minimum absolute atomic E-state index is 0.662. The summed E-state index contributed by atoms with van der Waals surface area (Å²) in [6.45, 7) is 13.2. The van der Waals surface area contributed by atoms with Gasteiger partial charge < -0.3 is 15.0 Å². The number of nitrogens with one attached hydrogen (secondary N) is 1. The summed E-state index contributed by atoms with van der Waals surface area (Å²) in [5.74, 6) is 0.729. The minimum Gasteiger partial charge on any atom is -0.382 e. The molecule has 0 bridgehead atoms. The Morgan fingerprint density at radius 2 is 2.25 bits per heavy atom. The van der Waals surface area contributed by atoms with Gasteiger partial charge in [-0.25, -0.2) is 0 Å². The van der Waals surface area contributed by atoms with E-state index in [2.05, 4.69) is 31.0 Å². The Morgan fingerprint density at radius 1 is 1.44 bits per heavy atom. The van der Waals surface area contributed by atoms with Gasteiger partial charge in [0.15, 0.2) is 0 Å². The van der Waals surface area contributed by atoms with Crippen molar-refractivity contribution in [3.63, 3.8) is 0 Å². The highest BCUT2D eigenvalue weighted by molar-refractivity contribution is 4.78. The van der Waals surface area contributed by atoms with E-state index in [1.54, 1.807) is 0 Å². The van der Waals surface area contributed by atoms with E-state index in [0.29, 0.717) is 6.04 Å². The quantitative estimate of drug-likeness (QED) is 0.701. The van der Waals surface area contributed by atoms with Crippen LogP contribution in [0.5, 0.6) is 0 Å². The topological polar surface area (TPSA) is 24.5 Å². The Kier molecular flexibility index (Phi) is 7.01. The van der Waals surface area contributed by atoms with Crippen LogP contribution in [0, 0.1) is 5.92 Å². The van der Waals surface area contributed by atoms with Crippen LogP contribution in [-0.4, -0.2) is 50.3 Å². The molecule has 0 aromatic rings. The molecule has 96 valence electrons. The molecule has 1 fully saturated rings. The largest absolute Gasteiger partial charge is 0.382 e. The second kappa shape index (κ2) is 8.04. The first kappa shape index (κ1) is 13.9. The van der Waals surface area contributed by atoms with Crippen LogP contribution in [0.25, 0.3) is 0 Å². The van der Waals surface area contributed by atoms with Gasteiger partial charge >= 0.3 is 0 Å². The molecule has 1 N–H and O–H groups in total. The van der Waals surface area contributed by atoms with E-state index in [0.717, 1.165) is 19.1 Å². The normalized spacial score (nSPS) is 23.6. The zero-order chi connectivity index (χ0) is 11.8. The Balaban J connectivity index is 2.23. The summed E-state index contributed by atoms with van der Waals surface area (Å²) in [6, 6.07) is 0.662. The first-order valence-electron chi connectivity index (χ1n) is 6.77. The molecule has 0 spiro atoms. The average Bonchev–Trinajstić information content (AvgIpc) is 2.50. The molecule has 0 aromatic heterocycles. The summed E-state index contributed by atoms with van der Waals surface area (Å²) in [5, 5.41) is 3.64. The van der Waals surface area contributed by atoms with E-state index in [9.17, 15) is 0 Å². The van der Waals surface area contributed by atoms with Crippen LogP contribution in [0.2, 0.25) is 0 Å².